The van der Waals surface area contributed by atoms with Crippen molar-refractivity contribution in [1.82, 2.24) is 0 Å². The van der Waals surface area contributed by atoms with Gasteiger partial charge in [0.1, 0.15) is 0 Å². The van der Waals surface area contributed by atoms with Crippen molar-refractivity contribution in [2.24, 2.45) is 5.92 Å². The Kier molecular flexibility index (Phi) is 6.22. The molecule has 1 saturated carbocycles. The molecule has 15 heavy (non-hydrogen) atoms. The van der Waals surface area contributed by atoms with Gasteiger partial charge in [0.25, 0.3) is 0 Å². The summed E-state index contributed by atoms with van der Waals surface area (Å²) in [4.78, 5) is 0. The lowest BCUT2D eigenvalue weighted by Crippen LogP contribution is -2.29. The molecule has 0 radical (unpaired) electrons. The molecule has 1 rings (SSSR count). The Morgan fingerprint density at radius 3 is 2.40 bits per heavy atom. The molecule has 3 heteroatoms. The fraction of sp³-hybridized carbons (Fsp3) is 1.00. The van der Waals surface area contributed by atoms with E-state index in [2.05, 4.69) is 6.92 Å². The molecule has 1 aliphatic rings. The van der Waals surface area contributed by atoms with E-state index in [1.165, 1.54) is 19.3 Å². The monoisotopic (exact) mass is 216 g/mol. The molecular weight excluding hydrogens is 192 g/mol. The lowest BCUT2D eigenvalue weighted by Gasteiger charge is -2.29. The highest BCUT2D eigenvalue weighted by Crippen LogP contribution is 2.28. The third-order valence-electron chi connectivity index (χ3n) is 3.19. The Balaban J connectivity index is 2.12. The summed E-state index contributed by atoms with van der Waals surface area (Å²) in [5.41, 5.74) is 0. The van der Waals surface area contributed by atoms with Crippen molar-refractivity contribution in [3.63, 3.8) is 0 Å². The molecule has 1 fully saturated rings. The molecule has 1 N–H and O–H groups in total. The van der Waals surface area contributed by atoms with Crippen LogP contribution >= 0.6 is 0 Å². The maximum absolute atomic E-state index is 9.51. The van der Waals surface area contributed by atoms with Crippen LogP contribution in [-0.4, -0.2) is 30.7 Å². The normalized spacial score (nSPS) is 29.0. The number of hydrogen-bond acceptors (Lipinski definition) is 3. The highest BCUT2D eigenvalue weighted by molar-refractivity contribution is 4.72. The molecule has 1 unspecified atom stereocenters. The first kappa shape index (κ1) is 12.9. The van der Waals surface area contributed by atoms with Gasteiger partial charge in [-0.05, 0) is 38.5 Å². The number of ether oxygens (including phenoxy) is 2. The Morgan fingerprint density at radius 1 is 1.20 bits per heavy atom. The van der Waals surface area contributed by atoms with Crippen LogP contribution in [0.5, 0.6) is 0 Å². The third kappa shape index (κ3) is 4.96. The van der Waals surface area contributed by atoms with E-state index in [4.69, 9.17) is 9.47 Å². The van der Waals surface area contributed by atoms with Crippen LogP contribution in [0.1, 0.15) is 46.0 Å². The highest BCUT2D eigenvalue weighted by Gasteiger charge is 2.22. The summed E-state index contributed by atoms with van der Waals surface area (Å²) in [5, 5.41) is 9.51. The third-order valence-corrected chi connectivity index (χ3v) is 3.19. The van der Waals surface area contributed by atoms with Crippen molar-refractivity contribution in [3.8, 4) is 0 Å². The summed E-state index contributed by atoms with van der Waals surface area (Å²) in [5.74, 6) is 0.869. The quantitative estimate of drug-likeness (QED) is 0.693. The fourth-order valence-corrected chi connectivity index (χ4v) is 2.16. The predicted molar refractivity (Wildman–Crippen MR) is 59.6 cm³/mol. The van der Waals surface area contributed by atoms with Crippen LogP contribution in [0, 0.1) is 5.92 Å². The molecule has 0 spiro atoms. The Labute approximate surface area is 92.8 Å². The fourth-order valence-electron chi connectivity index (χ4n) is 2.16. The first-order valence-electron chi connectivity index (χ1n) is 6.17. The highest BCUT2D eigenvalue weighted by atomic mass is 16.6. The summed E-state index contributed by atoms with van der Waals surface area (Å²) in [6, 6.07) is 0. The van der Waals surface area contributed by atoms with E-state index in [1.807, 2.05) is 6.92 Å². The van der Waals surface area contributed by atoms with Crippen LogP contribution < -0.4 is 0 Å². The van der Waals surface area contributed by atoms with Crippen molar-refractivity contribution >= 4 is 0 Å². The number of hydrogen-bond donors (Lipinski definition) is 1. The standard InChI is InChI=1S/C12H24O3/c1-3-10-5-7-11(8-6-10)15-12(13)9-14-4-2/h10-13H,3-9H2,1-2H3. The van der Waals surface area contributed by atoms with Crippen molar-refractivity contribution in [1.29, 1.82) is 0 Å². The van der Waals surface area contributed by atoms with Crippen molar-refractivity contribution in [2.45, 2.75) is 58.3 Å². The van der Waals surface area contributed by atoms with Gasteiger partial charge in [0, 0.05) is 6.61 Å². The zero-order valence-electron chi connectivity index (χ0n) is 9.95. The molecule has 1 atom stereocenters. The lowest BCUT2D eigenvalue weighted by molar-refractivity contribution is -0.173. The average Bonchev–Trinajstić information content (AvgIpc) is 2.27. The molecule has 3 nitrogen and oxygen atoms in total. The van der Waals surface area contributed by atoms with E-state index in [-0.39, 0.29) is 6.10 Å². The van der Waals surface area contributed by atoms with Gasteiger partial charge in [0.15, 0.2) is 6.29 Å². The molecule has 90 valence electrons. The summed E-state index contributed by atoms with van der Waals surface area (Å²) in [7, 11) is 0. The second kappa shape index (κ2) is 7.20. The minimum atomic E-state index is -0.742. The number of rotatable bonds is 6. The largest absolute Gasteiger partial charge is 0.376 e. The maximum Gasteiger partial charge on any atom is 0.178 e. The smallest absolute Gasteiger partial charge is 0.178 e. The maximum atomic E-state index is 9.51. The predicted octanol–water partition coefficient (Wildman–Crippen LogP) is 2.33. The minimum absolute atomic E-state index is 0.239. The Bertz CT molecular complexity index is 153. The first-order chi connectivity index (χ1) is 7.26. The van der Waals surface area contributed by atoms with Crippen LogP contribution in [0.2, 0.25) is 0 Å². The molecule has 0 bridgehead atoms. The van der Waals surface area contributed by atoms with Gasteiger partial charge in [-0.15, -0.1) is 0 Å². The van der Waals surface area contributed by atoms with Gasteiger partial charge < -0.3 is 14.6 Å². The van der Waals surface area contributed by atoms with E-state index in [0.717, 1.165) is 18.8 Å². The molecular formula is C12H24O3. The summed E-state index contributed by atoms with van der Waals surface area (Å²) in [6.07, 6.45) is 5.42. The molecule has 0 aromatic heterocycles. The Morgan fingerprint density at radius 2 is 1.87 bits per heavy atom. The molecule has 0 aliphatic heterocycles. The molecule has 0 aromatic rings. The number of aliphatic hydroxyl groups is 1. The molecule has 1 aliphatic carbocycles. The van der Waals surface area contributed by atoms with Crippen LogP contribution in [-0.2, 0) is 9.47 Å². The summed E-state index contributed by atoms with van der Waals surface area (Å²) in [6.45, 7) is 5.09. The number of aliphatic hydroxyl groups excluding tert-OH is 1. The lowest BCUT2D eigenvalue weighted by atomic mass is 9.86. The van der Waals surface area contributed by atoms with E-state index >= 15 is 0 Å². The van der Waals surface area contributed by atoms with Crippen molar-refractivity contribution in [3.05, 3.63) is 0 Å². The molecule has 0 amide bonds. The minimum Gasteiger partial charge on any atom is -0.376 e. The topological polar surface area (TPSA) is 38.7 Å². The van der Waals surface area contributed by atoms with E-state index in [9.17, 15) is 5.11 Å². The van der Waals surface area contributed by atoms with Gasteiger partial charge in [-0.1, -0.05) is 13.3 Å². The summed E-state index contributed by atoms with van der Waals surface area (Å²) < 4.78 is 10.6. The van der Waals surface area contributed by atoms with Gasteiger partial charge in [-0.2, -0.15) is 0 Å². The van der Waals surface area contributed by atoms with Crippen LogP contribution in [0.15, 0.2) is 0 Å². The molecule has 0 saturated heterocycles. The van der Waals surface area contributed by atoms with Gasteiger partial charge in [0.2, 0.25) is 0 Å². The van der Waals surface area contributed by atoms with Crippen molar-refractivity contribution < 1.29 is 14.6 Å². The molecule has 0 heterocycles. The van der Waals surface area contributed by atoms with Gasteiger partial charge in [-0.25, -0.2) is 0 Å². The summed E-state index contributed by atoms with van der Waals surface area (Å²) >= 11 is 0. The van der Waals surface area contributed by atoms with Crippen molar-refractivity contribution in [2.75, 3.05) is 13.2 Å². The second-order valence-electron chi connectivity index (χ2n) is 4.30. The SMILES string of the molecule is CCOCC(O)OC1CCC(CC)CC1. The van der Waals surface area contributed by atoms with Crippen LogP contribution in [0.3, 0.4) is 0 Å². The van der Waals surface area contributed by atoms with Gasteiger partial charge in [-0.3, -0.25) is 0 Å². The van der Waals surface area contributed by atoms with E-state index in [1.54, 1.807) is 0 Å². The van der Waals surface area contributed by atoms with Gasteiger partial charge in [0.05, 0.1) is 12.7 Å². The van der Waals surface area contributed by atoms with E-state index < -0.39 is 6.29 Å². The molecule has 0 aromatic carbocycles. The van der Waals surface area contributed by atoms with Crippen LogP contribution in [0.4, 0.5) is 0 Å². The zero-order chi connectivity index (χ0) is 11.1. The average molecular weight is 216 g/mol. The van der Waals surface area contributed by atoms with Gasteiger partial charge >= 0.3 is 0 Å². The zero-order valence-corrected chi connectivity index (χ0v) is 9.95. The second-order valence-corrected chi connectivity index (χ2v) is 4.30. The Hall–Kier alpha value is -0.120. The first-order valence-corrected chi connectivity index (χ1v) is 6.17. The van der Waals surface area contributed by atoms with E-state index in [0.29, 0.717) is 13.2 Å². The van der Waals surface area contributed by atoms with Crippen LogP contribution in [0.25, 0.3) is 0 Å².